The van der Waals surface area contributed by atoms with Crippen LogP contribution in [-0.2, 0) is 14.2 Å². The first kappa shape index (κ1) is 15.5. The summed E-state index contributed by atoms with van der Waals surface area (Å²) in [6.45, 7) is -1.88. The maximum atomic E-state index is 12.4. The molecule has 1 aliphatic heterocycles. The lowest BCUT2D eigenvalue weighted by Crippen LogP contribution is -2.41. The third-order valence-corrected chi connectivity index (χ3v) is 2.02. The highest BCUT2D eigenvalue weighted by Crippen LogP contribution is 2.35. The van der Waals surface area contributed by atoms with Crippen molar-refractivity contribution < 1.29 is 41.3 Å². The Hall–Kier alpha value is -0.510. The summed E-state index contributed by atoms with van der Waals surface area (Å²) in [5.74, 6) is -4.92. The SMILES string of the molecule is OC(COCC1CO1)COCC(F)(F)C(F)(F)F. The van der Waals surface area contributed by atoms with Gasteiger partial charge in [-0.2, -0.15) is 22.0 Å². The van der Waals surface area contributed by atoms with E-state index in [0.29, 0.717) is 6.61 Å². The highest BCUT2D eigenvalue weighted by atomic mass is 19.4. The standard InChI is InChI=1S/C9H13F5O4/c10-8(11,9(12,13)14)5-17-2-6(15)1-16-3-7-4-18-7/h6-7,15H,1-5H2. The van der Waals surface area contributed by atoms with E-state index in [9.17, 15) is 22.0 Å². The molecule has 0 saturated carbocycles. The van der Waals surface area contributed by atoms with E-state index in [1.54, 1.807) is 0 Å². The Morgan fingerprint density at radius 1 is 1.17 bits per heavy atom. The Morgan fingerprint density at radius 2 is 1.72 bits per heavy atom. The quantitative estimate of drug-likeness (QED) is 0.532. The van der Waals surface area contributed by atoms with E-state index in [-0.39, 0.29) is 19.3 Å². The first-order chi connectivity index (χ1) is 8.22. The Balaban J connectivity index is 2.08. The summed E-state index contributed by atoms with van der Waals surface area (Å²) in [7, 11) is 0. The molecule has 0 amide bonds. The number of aliphatic hydroxyl groups is 1. The maximum Gasteiger partial charge on any atom is 0.455 e. The second kappa shape index (κ2) is 6.09. The molecule has 0 aromatic rings. The minimum absolute atomic E-state index is 0.0207. The lowest BCUT2D eigenvalue weighted by Gasteiger charge is -2.20. The van der Waals surface area contributed by atoms with Gasteiger partial charge in [-0.1, -0.05) is 0 Å². The van der Waals surface area contributed by atoms with Gasteiger partial charge < -0.3 is 19.3 Å². The fourth-order valence-electron chi connectivity index (χ4n) is 0.953. The van der Waals surface area contributed by atoms with Gasteiger partial charge in [0.25, 0.3) is 0 Å². The molecule has 9 heteroatoms. The molecule has 108 valence electrons. The molecule has 1 aliphatic rings. The topological polar surface area (TPSA) is 51.2 Å². The molecular weight excluding hydrogens is 267 g/mol. The molecule has 18 heavy (non-hydrogen) atoms. The van der Waals surface area contributed by atoms with Crippen molar-refractivity contribution in [2.75, 3.05) is 33.0 Å². The van der Waals surface area contributed by atoms with Gasteiger partial charge in [-0.05, 0) is 0 Å². The normalized spacial score (nSPS) is 22.0. The van der Waals surface area contributed by atoms with Gasteiger partial charge in [0, 0.05) is 0 Å². The fourth-order valence-corrected chi connectivity index (χ4v) is 0.953. The molecule has 0 aromatic carbocycles. The predicted octanol–water partition coefficient (Wildman–Crippen LogP) is 0.977. The molecule has 0 aromatic heterocycles. The van der Waals surface area contributed by atoms with Crippen LogP contribution in [0.5, 0.6) is 0 Å². The third-order valence-electron chi connectivity index (χ3n) is 2.02. The number of hydrogen-bond acceptors (Lipinski definition) is 4. The minimum atomic E-state index is -5.65. The number of epoxide rings is 1. The van der Waals surface area contributed by atoms with Crippen molar-refractivity contribution in [3.05, 3.63) is 0 Å². The van der Waals surface area contributed by atoms with Crippen LogP contribution < -0.4 is 0 Å². The van der Waals surface area contributed by atoms with Crippen molar-refractivity contribution >= 4 is 0 Å². The fraction of sp³-hybridized carbons (Fsp3) is 1.00. The molecule has 1 saturated heterocycles. The summed E-state index contributed by atoms with van der Waals surface area (Å²) in [5, 5.41) is 9.17. The van der Waals surface area contributed by atoms with Crippen LogP contribution in [0.2, 0.25) is 0 Å². The minimum Gasteiger partial charge on any atom is -0.388 e. The maximum absolute atomic E-state index is 12.4. The molecule has 0 spiro atoms. The molecular formula is C9H13F5O4. The summed E-state index contributed by atoms with van der Waals surface area (Å²) < 4.78 is 73.7. The van der Waals surface area contributed by atoms with Crippen molar-refractivity contribution in [1.82, 2.24) is 0 Å². The highest BCUT2D eigenvalue weighted by molar-refractivity contribution is 4.75. The highest BCUT2D eigenvalue weighted by Gasteiger charge is 2.57. The smallest absolute Gasteiger partial charge is 0.388 e. The lowest BCUT2D eigenvalue weighted by atomic mass is 10.3. The van der Waals surface area contributed by atoms with Gasteiger partial charge in [0.15, 0.2) is 0 Å². The first-order valence-electron chi connectivity index (χ1n) is 5.12. The number of rotatable bonds is 8. The average Bonchev–Trinajstić information content (AvgIpc) is 2.99. The second-order valence-electron chi connectivity index (χ2n) is 3.86. The Labute approximate surface area is 99.6 Å². The number of hydrogen-bond donors (Lipinski definition) is 1. The average molecular weight is 280 g/mol. The van der Waals surface area contributed by atoms with Crippen LogP contribution in [0.15, 0.2) is 0 Å². The summed E-state index contributed by atoms with van der Waals surface area (Å²) in [4.78, 5) is 0. The van der Waals surface area contributed by atoms with E-state index < -0.39 is 31.4 Å². The number of aliphatic hydroxyl groups excluding tert-OH is 1. The van der Waals surface area contributed by atoms with Gasteiger partial charge >= 0.3 is 12.1 Å². The van der Waals surface area contributed by atoms with Crippen LogP contribution >= 0.6 is 0 Å². The number of halogens is 5. The summed E-state index contributed by atoms with van der Waals surface area (Å²) >= 11 is 0. The van der Waals surface area contributed by atoms with Gasteiger partial charge in [-0.3, -0.25) is 0 Å². The Kier molecular flexibility index (Phi) is 5.26. The van der Waals surface area contributed by atoms with Crippen molar-refractivity contribution in [2.24, 2.45) is 0 Å². The molecule has 4 nitrogen and oxygen atoms in total. The molecule has 1 fully saturated rings. The van der Waals surface area contributed by atoms with Crippen molar-refractivity contribution in [3.8, 4) is 0 Å². The van der Waals surface area contributed by atoms with E-state index in [1.807, 2.05) is 0 Å². The van der Waals surface area contributed by atoms with Crippen LogP contribution in [-0.4, -0.2) is 62.4 Å². The van der Waals surface area contributed by atoms with Gasteiger partial charge in [0.1, 0.15) is 18.8 Å². The van der Waals surface area contributed by atoms with Crippen LogP contribution in [0.1, 0.15) is 0 Å². The molecule has 0 bridgehead atoms. The predicted molar refractivity (Wildman–Crippen MR) is 48.4 cm³/mol. The van der Waals surface area contributed by atoms with Crippen molar-refractivity contribution in [2.45, 2.75) is 24.3 Å². The number of alkyl halides is 5. The summed E-state index contributed by atoms with van der Waals surface area (Å²) in [5.41, 5.74) is 0. The van der Waals surface area contributed by atoms with Gasteiger partial charge in [-0.25, -0.2) is 0 Å². The monoisotopic (exact) mass is 280 g/mol. The molecule has 2 unspecified atom stereocenters. The van der Waals surface area contributed by atoms with Crippen LogP contribution in [0, 0.1) is 0 Å². The molecule has 0 radical (unpaired) electrons. The molecule has 1 N–H and O–H groups in total. The summed E-state index contributed by atoms with van der Waals surface area (Å²) in [6, 6.07) is 0. The number of ether oxygens (including phenoxy) is 3. The lowest BCUT2D eigenvalue weighted by molar-refractivity contribution is -0.298. The van der Waals surface area contributed by atoms with Crippen LogP contribution in [0.3, 0.4) is 0 Å². The van der Waals surface area contributed by atoms with Crippen LogP contribution in [0.4, 0.5) is 22.0 Å². The van der Waals surface area contributed by atoms with E-state index in [1.165, 1.54) is 0 Å². The van der Waals surface area contributed by atoms with Crippen molar-refractivity contribution in [3.63, 3.8) is 0 Å². The van der Waals surface area contributed by atoms with Gasteiger partial charge in [-0.15, -0.1) is 0 Å². The van der Waals surface area contributed by atoms with Crippen molar-refractivity contribution in [1.29, 1.82) is 0 Å². The third kappa shape index (κ3) is 5.42. The first-order valence-corrected chi connectivity index (χ1v) is 5.12. The zero-order chi connectivity index (χ0) is 13.8. The molecule has 0 aliphatic carbocycles. The largest absolute Gasteiger partial charge is 0.455 e. The van der Waals surface area contributed by atoms with Crippen LogP contribution in [0.25, 0.3) is 0 Å². The van der Waals surface area contributed by atoms with E-state index in [4.69, 9.17) is 14.6 Å². The van der Waals surface area contributed by atoms with E-state index in [2.05, 4.69) is 4.74 Å². The molecule has 1 rings (SSSR count). The van der Waals surface area contributed by atoms with E-state index >= 15 is 0 Å². The van der Waals surface area contributed by atoms with Gasteiger partial charge in [0.05, 0.1) is 26.4 Å². The Morgan fingerprint density at radius 3 is 2.22 bits per heavy atom. The molecule has 2 atom stereocenters. The van der Waals surface area contributed by atoms with Gasteiger partial charge in [0.2, 0.25) is 0 Å². The Bertz CT molecular complexity index is 254. The summed E-state index contributed by atoms with van der Waals surface area (Å²) in [6.07, 6.45) is -6.93. The van der Waals surface area contributed by atoms with E-state index in [0.717, 1.165) is 0 Å². The zero-order valence-corrected chi connectivity index (χ0v) is 9.25. The second-order valence-corrected chi connectivity index (χ2v) is 3.86. The molecule has 1 heterocycles. The zero-order valence-electron chi connectivity index (χ0n) is 9.25.